The van der Waals surface area contributed by atoms with Crippen molar-refractivity contribution >= 4 is 21.6 Å². The molecule has 3 aromatic rings. The van der Waals surface area contributed by atoms with Crippen LogP contribution in [0.4, 0.5) is 5.69 Å². The average Bonchev–Trinajstić information content (AvgIpc) is 2.75. The standard InChI is InChI=1S/C25H27NO4S/c1-19-10-7-12-22(18-19)30-17-9-16-25(27)26(24-15-8-11-20(2)21(24)3)31(28,29)23-13-5-4-6-14-23/h4-8,10-15,18H,9,16-17H2,1-3H3. The number of rotatable bonds is 8. The lowest BCUT2D eigenvalue weighted by molar-refractivity contribution is -0.117. The van der Waals surface area contributed by atoms with E-state index in [0.717, 1.165) is 26.7 Å². The van der Waals surface area contributed by atoms with Gasteiger partial charge in [-0.15, -0.1) is 0 Å². The summed E-state index contributed by atoms with van der Waals surface area (Å²) < 4.78 is 33.5. The Kier molecular flexibility index (Phi) is 7.13. The molecular weight excluding hydrogens is 410 g/mol. The van der Waals surface area contributed by atoms with Crippen LogP contribution < -0.4 is 9.04 Å². The van der Waals surface area contributed by atoms with Crippen molar-refractivity contribution in [3.05, 3.63) is 89.5 Å². The monoisotopic (exact) mass is 437 g/mol. The Morgan fingerprint density at radius 3 is 2.32 bits per heavy atom. The van der Waals surface area contributed by atoms with Gasteiger partial charge in [-0.05, 0) is 74.2 Å². The molecule has 0 aliphatic rings. The molecule has 0 atom stereocenters. The van der Waals surface area contributed by atoms with Crippen molar-refractivity contribution in [3.63, 3.8) is 0 Å². The lowest BCUT2D eigenvalue weighted by Crippen LogP contribution is -2.37. The number of nitrogens with zero attached hydrogens (tertiary/aromatic N) is 1. The van der Waals surface area contributed by atoms with Crippen LogP contribution in [0.3, 0.4) is 0 Å². The van der Waals surface area contributed by atoms with Gasteiger partial charge in [0.2, 0.25) is 5.91 Å². The summed E-state index contributed by atoms with van der Waals surface area (Å²) in [6.07, 6.45) is 0.448. The third-order valence-electron chi connectivity index (χ3n) is 5.10. The minimum Gasteiger partial charge on any atom is -0.494 e. The van der Waals surface area contributed by atoms with Crippen molar-refractivity contribution in [2.75, 3.05) is 10.9 Å². The van der Waals surface area contributed by atoms with Gasteiger partial charge in [-0.3, -0.25) is 4.79 Å². The van der Waals surface area contributed by atoms with Crippen LogP contribution in [-0.2, 0) is 14.8 Å². The van der Waals surface area contributed by atoms with E-state index in [-0.39, 0.29) is 11.3 Å². The Morgan fingerprint density at radius 1 is 0.903 bits per heavy atom. The summed E-state index contributed by atoms with van der Waals surface area (Å²) in [5, 5.41) is 0. The lowest BCUT2D eigenvalue weighted by atomic mass is 10.1. The molecule has 3 aromatic carbocycles. The van der Waals surface area contributed by atoms with Gasteiger partial charge >= 0.3 is 0 Å². The summed E-state index contributed by atoms with van der Waals surface area (Å²) in [6.45, 7) is 6.02. The van der Waals surface area contributed by atoms with Gasteiger partial charge in [-0.2, -0.15) is 0 Å². The van der Waals surface area contributed by atoms with Crippen LogP contribution in [0.5, 0.6) is 5.75 Å². The Morgan fingerprint density at radius 2 is 1.61 bits per heavy atom. The molecule has 0 aliphatic heterocycles. The molecule has 0 N–H and O–H groups in total. The SMILES string of the molecule is Cc1cccc(OCCCC(=O)N(c2cccc(C)c2C)S(=O)(=O)c2ccccc2)c1. The van der Waals surface area contributed by atoms with Crippen LogP contribution in [-0.4, -0.2) is 20.9 Å². The number of amides is 1. The first-order valence-electron chi connectivity index (χ1n) is 10.2. The van der Waals surface area contributed by atoms with Crippen molar-refractivity contribution in [3.8, 4) is 5.75 Å². The second kappa shape index (κ2) is 9.79. The van der Waals surface area contributed by atoms with Gasteiger partial charge in [0.1, 0.15) is 5.75 Å². The molecule has 0 bridgehead atoms. The molecule has 6 heteroatoms. The fraction of sp³-hybridized carbons (Fsp3) is 0.240. The molecule has 0 saturated carbocycles. The molecule has 0 radical (unpaired) electrons. The quantitative estimate of drug-likeness (QED) is 0.455. The molecular formula is C25H27NO4S. The number of hydrogen-bond donors (Lipinski definition) is 0. The van der Waals surface area contributed by atoms with E-state index in [1.54, 1.807) is 30.3 Å². The number of aryl methyl sites for hydroxylation is 2. The van der Waals surface area contributed by atoms with E-state index in [1.807, 2.05) is 51.1 Å². The third-order valence-corrected chi connectivity index (χ3v) is 6.84. The molecule has 0 heterocycles. The van der Waals surface area contributed by atoms with Crippen molar-refractivity contribution in [2.45, 2.75) is 38.5 Å². The van der Waals surface area contributed by atoms with Crippen LogP contribution in [0, 0.1) is 20.8 Å². The minimum atomic E-state index is -4.04. The van der Waals surface area contributed by atoms with Gasteiger partial charge in [0, 0.05) is 6.42 Å². The average molecular weight is 438 g/mol. The number of anilines is 1. The number of carbonyl (C=O) groups excluding carboxylic acids is 1. The van der Waals surface area contributed by atoms with Crippen LogP contribution in [0.1, 0.15) is 29.5 Å². The molecule has 31 heavy (non-hydrogen) atoms. The van der Waals surface area contributed by atoms with Crippen LogP contribution in [0.2, 0.25) is 0 Å². The molecule has 162 valence electrons. The van der Waals surface area contributed by atoms with E-state index in [4.69, 9.17) is 4.74 Å². The lowest BCUT2D eigenvalue weighted by Gasteiger charge is -2.25. The van der Waals surface area contributed by atoms with Gasteiger partial charge in [-0.25, -0.2) is 12.7 Å². The maximum Gasteiger partial charge on any atom is 0.270 e. The zero-order valence-electron chi connectivity index (χ0n) is 18.0. The van der Waals surface area contributed by atoms with Gasteiger partial charge in [-0.1, -0.05) is 42.5 Å². The number of carbonyl (C=O) groups is 1. The summed E-state index contributed by atoms with van der Waals surface area (Å²) >= 11 is 0. The van der Waals surface area contributed by atoms with E-state index >= 15 is 0 Å². The summed E-state index contributed by atoms with van der Waals surface area (Å²) in [7, 11) is -4.04. The largest absolute Gasteiger partial charge is 0.494 e. The maximum atomic E-state index is 13.4. The Labute approximate surface area is 184 Å². The summed E-state index contributed by atoms with van der Waals surface area (Å²) in [5.74, 6) is 0.251. The topological polar surface area (TPSA) is 63.7 Å². The van der Waals surface area contributed by atoms with Crippen molar-refractivity contribution in [2.24, 2.45) is 0 Å². The van der Waals surface area contributed by atoms with Crippen molar-refractivity contribution < 1.29 is 17.9 Å². The number of ether oxygens (including phenoxy) is 1. The zero-order chi connectivity index (χ0) is 22.4. The van der Waals surface area contributed by atoms with Crippen LogP contribution in [0.15, 0.2) is 77.7 Å². The highest BCUT2D eigenvalue weighted by Crippen LogP contribution is 2.29. The Balaban J connectivity index is 1.82. The van der Waals surface area contributed by atoms with E-state index in [2.05, 4.69) is 0 Å². The van der Waals surface area contributed by atoms with Crippen molar-refractivity contribution in [1.82, 2.24) is 0 Å². The van der Waals surface area contributed by atoms with E-state index in [1.165, 1.54) is 12.1 Å². The Hall–Kier alpha value is -3.12. The fourth-order valence-electron chi connectivity index (χ4n) is 3.27. The van der Waals surface area contributed by atoms with Crippen LogP contribution >= 0.6 is 0 Å². The predicted octanol–water partition coefficient (Wildman–Crippen LogP) is 5.19. The molecule has 3 rings (SSSR count). The zero-order valence-corrected chi connectivity index (χ0v) is 18.9. The smallest absolute Gasteiger partial charge is 0.270 e. The Bertz CT molecular complexity index is 1160. The third kappa shape index (κ3) is 5.33. The molecule has 0 saturated heterocycles. The second-order valence-corrected chi connectivity index (χ2v) is 9.25. The molecule has 0 unspecified atom stereocenters. The molecule has 0 aliphatic carbocycles. The molecule has 5 nitrogen and oxygen atoms in total. The van der Waals surface area contributed by atoms with Gasteiger partial charge in [0.15, 0.2) is 0 Å². The van der Waals surface area contributed by atoms with Gasteiger partial charge < -0.3 is 4.74 Å². The highest BCUT2D eigenvalue weighted by molar-refractivity contribution is 7.93. The number of hydrogen-bond acceptors (Lipinski definition) is 4. The van der Waals surface area contributed by atoms with Crippen molar-refractivity contribution in [1.29, 1.82) is 0 Å². The first kappa shape index (κ1) is 22.6. The number of sulfonamides is 1. The van der Waals surface area contributed by atoms with E-state index in [9.17, 15) is 13.2 Å². The molecule has 0 aromatic heterocycles. The van der Waals surface area contributed by atoms with Crippen LogP contribution in [0.25, 0.3) is 0 Å². The maximum absolute atomic E-state index is 13.4. The molecule has 1 amide bonds. The first-order chi connectivity index (χ1) is 14.8. The fourth-order valence-corrected chi connectivity index (χ4v) is 4.80. The highest BCUT2D eigenvalue weighted by Gasteiger charge is 2.31. The van der Waals surface area contributed by atoms with Gasteiger partial charge in [0.25, 0.3) is 10.0 Å². The second-order valence-electron chi connectivity index (χ2n) is 7.46. The van der Waals surface area contributed by atoms with Gasteiger partial charge in [0.05, 0.1) is 17.2 Å². The first-order valence-corrected chi connectivity index (χ1v) is 11.6. The summed E-state index contributed by atoms with van der Waals surface area (Å²) in [6, 6.07) is 21.0. The summed E-state index contributed by atoms with van der Waals surface area (Å²) in [5.41, 5.74) is 3.14. The van der Waals surface area contributed by atoms with E-state index < -0.39 is 15.9 Å². The molecule has 0 fully saturated rings. The molecule has 0 spiro atoms. The number of benzene rings is 3. The predicted molar refractivity (Wildman–Crippen MR) is 123 cm³/mol. The van der Waals surface area contributed by atoms with E-state index in [0.29, 0.717) is 18.7 Å². The normalized spacial score (nSPS) is 11.2. The summed E-state index contributed by atoms with van der Waals surface area (Å²) in [4.78, 5) is 13.3. The minimum absolute atomic E-state index is 0.0469. The highest BCUT2D eigenvalue weighted by atomic mass is 32.2.